The second-order valence-corrected chi connectivity index (χ2v) is 4.52. The number of halogens is 4. The summed E-state index contributed by atoms with van der Waals surface area (Å²) in [5.41, 5.74) is 0. The van der Waals surface area contributed by atoms with E-state index in [0.29, 0.717) is 17.7 Å². The molecular weight excluding hydrogens is 287 g/mol. The molecule has 1 rings (SSSR count). The van der Waals surface area contributed by atoms with Gasteiger partial charge in [0.05, 0.1) is 5.33 Å². The lowest BCUT2D eigenvalue weighted by atomic mass is 10.2. The van der Waals surface area contributed by atoms with Gasteiger partial charge in [-0.1, -0.05) is 29.8 Å². The largest absolute Gasteiger partial charge is 0.396 e. The van der Waals surface area contributed by atoms with Crippen molar-refractivity contribution in [2.24, 2.45) is 5.92 Å². The average molecular weight is 300 g/mol. The van der Waals surface area contributed by atoms with Crippen molar-refractivity contribution in [3.05, 3.63) is 11.6 Å². The number of aromatic nitrogens is 3. The van der Waals surface area contributed by atoms with Crippen molar-refractivity contribution in [3.8, 4) is 0 Å². The van der Waals surface area contributed by atoms with Crippen LogP contribution in [-0.2, 0) is 18.3 Å². The van der Waals surface area contributed by atoms with Gasteiger partial charge in [-0.25, -0.2) is 0 Å². The number of alkyl halides is 4. The van der Waals surface area contributed by atoms with Crippen LogP contribution >= 0.6 is 15.9 Å². The van der Waals surface area contributed by atoms with Gasteiger partial charge in [0.2, 0.25) is 0 Å². The predicted molar refractivity (Wildman–Crippen MR) is 57.3 cm³/mol. The van der Waals surface area contributed by atoms with Crippen LogP contribution in [0.5, 0.6) is 0 Å². The molecule has 0 aliphatic carbocycles. The van der Waals surface area contributed by atoms with Crippen LogP contribution in [0, 0.1) is 5.92 Å². The van der Waals surface area contributed by atoms with E-state index in [1.807, 2.05) is 13.8 Å². The van der Waals surface area contributed by atoms with E-state index in [-0.39, 0.29) is 11.7 Å². The Morgan fingerprint density at radius 1 is 1.25 bits per heavy atom. The number of hydrogen-bond donors (Lipinski definition) is 0. The molecule has 0 radical (unpaired) electrons. The molecule has 0 amide bonds. The number of nitrogens with zero attached hydrogens (tertiary/aromatic N) is 3. The standard InChI is InChI=1S/C9H13BrF3N3/c1-6(2)5-16-7(3-9(11,12)13)14-15-8(16)4-10/h6H,3-5H2,1-2H3. The maximum Gasteiger partial charge on any atom is 0.396 e. The molecule has 7 heteroatoms. The van der Waals surface area contributed by atoms with Gasteiger partial charge >= 0.3 is 6.18 Å². The van der Waals surface area contributed by atoms with Gasteiger partial charge in [-0.3, -0.25) is 0 Å². The van der Waals surface area contributed by atoms with Gasteiger partial charge in [0.15, 0.2) is 0 Å². The van der Waals surface area contributed by atoms with Crippen LogP contribution in [0.25, 0.3) is 0 Å². The summed E-state index contributed by atoms with van der Waals surface area (Å²) in [6.45, 7) is 4.38. The SMILES string of the molecule is CC(C)Cn1c(CBr)nnc1CC(F)(F)F. The van der Waals surface area contributed by atoms with E-state index >= 15 is 0 Å². The fraction of sp³-hybridized carbons (Fsp3) is 0.778. The highest BCUT2D eigenvalue weighted by Gasteiger charge is 2.31. The molecule has 0 saturated carbocycles. The van der Waals surface area contributed by atoms with E-state index in [9.17, 15) is 13.2 Å². The van der Waals surface area contributed by atoms with Gasteiger partial charge in [-0.2, -0.15) is 13.2 Å². The summed E-state index contributed by atoms with van der Waals surface area (Å²) < 4.78 is 38.4. The summed E-state index contributed by atoms with van der Waals surface area (Å²) >= 11 is 3.19. The topological polar surface area (TPSA) is 30.7 Å². The summed E-state index contributed by atoms with van der Waals surface area (Å²) in [7, 11) is 0. The van der Waals surface area contributed by atoms with E-state index in [1.54, 1.807) is 0 Å². The van der Waals surface area contributed by atoms with Crippen LogP contribution in [-0.4, -0.2) is 20.9 Å². The van der Waals surface area contributed by atoms with Crippen LogP contribution < -0.4 is 0 Å². The van der Waals surface area contributed by atoms with E-state index in [1.165, 1.54) is 4.57 Å². The Balaban J connectivity index is 2.95. The normalized spacial score (nSPS) is 12.4. The minimum atomic E-state index is -4.24. The molecule has 0 spiro atoms. The van der Waals surface area contributed by atoms with Gasteiger partial charge in [-0.15, -0.1) is 10.2 Å². The van der Waals surface area contributed by atoms with Gasteiger partial charge in [0.25, 0.3) is 0 Å². The Morgan fingerprint density at radius 3 is 2.25 bits per heavy atom. The lowest BCUT2D eigenvalue weighted by molar-refractivity contribution is -0.129. The third kappa shape index (κ3) is 3.77. The molecule has 0 N–H and O–H groups in total. The summed E-state index contributed by atoms with van der Waals surface area (Å²) in [4.78, 5) is 0. The van der Waals surface area contributed by atoms with Gasteiger partial charge in [-0.05, 0) is 5.92 Å². The van der Waals surface area contributed by atoms with E-state index < -0.39 is 12.6 Å². The Bertz CT molecular complexity index is 346. The molecule has 0 bridgehead atoms. The fourth-order valence-electron chi connectivity index (χ4n) is 1.36. The second-order valence-electron chi connectivity index (χ2n) is 3.96. The second kappa shape index (κ2) is 5.16. The first-order valence-corrected chi connectivity index (χ1v) is 5.99. The Morgan fingerprint density at radius 2 is 1.81 bits per heavy atom. The van der Waals surface area contributed by atoms with Gasteiger partial charge < -0.3 is 4.57 Å². The molecule has 0 fully saturated rings. The molecule has 92 valence electrons. The molecule has 0 atom stereocenters. The Hall–Kier alpha value is -0.590. The van der Waals surface area contributed by atoms with Crippen molar-refractivity contribution in [2.45, 2.75) is 38.3 Å². The van der Waals surface area contributed by atoms with Crippen LogP contribution in [0.1, 0.15) is 25.5 Å². The first kappa shape index (κ1) is 13.5. The zero-order chi connectivity index (χ0) is 12.3. The highest BCUT2D eigenvalue weighted by atomic mass is 79.9. The molecule has 0 saturated heterocycles. The zero-order valence-corrected chi connectivity index (χ0v) is 10.6. The lowest BCUT2D eigenvalue weighted by Gasteiger charge is -2.12. The minimum absolute atomic E-state index is 0.0179. The molecule has 0 aliphatic rings. The van der Waals surface area contributed by atoms with E-state index in [2.05, 4.69) is 26.1 Å². The summed E-state index contributed by atoms with van der Waals surface area (Å²) in [5, 5.41) is 7.73. The number of hydrogen-bond acceptors (Lipinski definition) is 2. The lowest BCUT2D eigenvalue weighted by Crippen LogP contribution is -2.18. The van der Waals surface area contributed by atoms with Crippen molar-refractivity contribution >= 4 is 15.9 Å². The first-order chi connectivity index (χ1) is 7.33. The monoisotopic (exact) mass is 299 g/mol. The maximum absolute atomic E-state index is 12.3. The van der Waals surface area contributed by atoms with Crippen molar-refractivity contribution in [1.82, 2.24) is 14.8 Å². The van der Waals surface area contributed by atoms with Crippen LogP contribution in [0.4, 0.5) is 13.2 Å². The van der Waals surface area contributed by atoms with Crippen LogP contribution in [0.15, 0.2) is 0 Å². The molecule has 0 unspecified atom stereocenters. The summed E-state index contributed by atoms with van der Waals surface area (Å²) in [6, 6.07) is 0. The van der Waals surface area contributed by atoms with Gasteiger partial charge in [0.1, 0.15) is 18.1 Å². The average Bonchev–Trinajstić information content (AvgIpc) is 2.45. The third-order valence-electron chi connectivity index (χ3n) is 1.93. The van der Waals surface area contributed by atoms with Crippen molar-refractivity contribution in [1.29, 1.82) is 0 Å². The first-order valence-electron chi connectivity index (χ1n) is 4.87. The third-order valence-corrected chi connectivity index (χ3v) is 2.43. The maximum atomic E-state index is 12.3. The smallest absolute Gasteiger partial charge is 0.314 e. The molecule has 1 aromatic rings. The molecule has 16 heavy (non-hydrogen) atoms. The Labute approximate surface area is 100 Å². The summed E-state index contributed by atoms with van der Waals surface area (Å²) in [5.74, 6) is 0.768. The highest BCUT2D eigenvalue weighted by Crippen LogP contribution is 2.21. The quantitative estimate of drug-likeness (QED) is 0.800. The predicted octanol–water partition coefficient (Wildman–Crippen LogP) is 2.93. The molecule has 0 aliphatic heterocycles. The fourth-order valence-corrected chi connectivity index (χ4v) is 1.77. The molecule has 1 heterocycles. The molecular formula is C9H13BrF3N3. The molecule has 3 nitrogen and oxygen atoms in total. The highest BCUT2D eigenvalue weighted by molar-refractivity contribution is 9.08. The Kier molecular flexibility index (Phi) is 4.35. The van der Waals surface area contributed by atoms with Crippen molar-refractivity contribution in [2.75, 3.05) is 0 Å². The van der Waals surface area contributed by atoms with Crippen molar-refractivity contribution in [3.63, 3.8) is 0 Å². The van der Waals surface area contributed by atoms with Crippen LogP contribution in [0.2, 0.25) is 0 Å². The van der Waals surface area contributed by atoms with Crippen LogP contribution in [0.3, 0.4) is 0 Å². The number of rotatable bonds is 4. The summed E-state index contributed by atoms with van der Waals surface area (Å²) in [6.07, 6.45) is -5.27. The minimum Gasteiger partial charge on any atom is -0.314 e. The zero-order valence-electron chi connectivity index (χ0n) is 9.05. The van der Waals surface area contributed by atoms with E-state index in [4.69, 9.17) is 0 Å². The van der Waals surface area contributed by atoms with Crippen molar-refractivity contribution < 1.29 is 13.2 Å². The van der Waals surface area contributed by atoms with Gasteiger partial charge in [0, 0.05) is 6.54 Å². The molecule has 1 aromatic heterocycles. The van der Waals surface area contributed by atoms with E-state index in [0.717, 1.165) is 0 Å². The molecule has 0 aromatic carbocycles.